The van der Waals surface area contributed by atoms with E-state index < -0.39 is 0 Å². The molecule has 3 rings (SSSR count). The quantitative estimate of drug-likeness (QED) is 0.768. The molecule has 0 saturated heterocycles. The van der Waals surface area contributed by atoms with E-state index in [9.17, 15) is 0 Å². The number of nitrogens with one attached hydrogen (secondary N) is 1. The molecule has 3 nitrogen and oxygen atoms in total. The van der Waals surface area contributed by atoms with E-state index in [-0.39, 0.29) is 6.04 Å². The molecule has 3 aromatic rings. The van der Waals surface area contributed by atoms with E-state index in [0.717, 1.165) is 27.3 Å². The van der Waals surface area contributed by atoms with Gasteiger partial charge in [-0.3, -0.25) is 5.10 Å². The lowest BCUT2D eigenvalue weighted by Gasteiger charge is -2.13. The second kappa shape index (κ2) is 5.49. The van der Waals surface area contributed by atoms with Crippen LogP contribution in [-0.4, -0.2) is 10.2 Å². The zero-order chi connectivity index (χ0) is 13.9. The third-order valence-corrected chi connectivity index (χ3v) is 3.58. The number of aromatic nitrogens is 2. The average molecular weight is 284 g/mol. The van der Waals surface area contributed by atoms with Gasteiger partial charge in [0, 0.05) is 16.8 Å². The minimum Gasteiger partial charge on any atom is -0.320 e. The Morgan fingerprint density at radius 3 is 2.05 bits per heavy atom. The molecule has 0 bridgehead atoms. The zero-order valence-electron chi connectivity index (χ0n) is 10.8. The predicted octanol–water partition coefficient (Wildman–Crippen LogP) is 3.78. The van der Waals surface area contributed by atoms with Gasteiger partial charge < -0.3 is 5.73 Å². The highest BCUT2D eigenvalue weighted by Crippen LogP contribution is 2.24. The molecule has 20 heavy (non-hydrogen) atoms. The van der Waals surface area contributed by atoms with E-state index in [2.05, 4.69) is 22.3 Å². The molecule has 0 aliphatic carbocycles. The second-order valence-corrected chi connectivity index (χ2v) is 5.07. The van der Waals surface area contributed by atoms with Crippen LogP contribution in [0.2, 0.25) is 5.02 Å². The lowest BCUT2D eigenvalue weighted by atomic mass is 9.98. The molecule has 4 heteroatoms. The van der Waals surface area contributed by atoms with Crippen LogP contribution in [0, 0.1) is 0 Å². The molecular weight excluding hydrogens is 270 g/mol. The van der Waals surface area contributed by atoms with Crippen LogP contribution in [0.15, 0.2) is 60.9 Å². The Kier molecular flexibility index (Phi) is 3.54. The molecule has 100 valence electrons. The molecule has 0 aliphatic heterocycles. The van der Waals surface area contributed by atoms with Crippen LogP contribution in [-0.2, 0) is 0 Å². The number of nitrogens with zero attached hydrogens (tertiary/aromatic N) is 1. The molecule has 0 fully saturated rings. The molecule has 0 aliphatic rings. The van der Waals surface area contributed by atoms with Crippen molar-refractivity contribution in [3.05, 3.63) is 77.1 Å². The number of benzene rings is 2. The van der Waals surface area contributed by atoms with E-state index in [1.165, 1.54) is 0 Å². The summed E-state index contributed by atoms with van der Waals surface area (Å²) >= 11 is 5.89. The summed E-state index contributed by atoms with van der Waals surface area (Å²) in [6, 6.07) is 15.7. The summed E-state index contributed by atoms with van der Waals surface area (Å²) in [7, 11) is 0. The van der Waals surface area contributed by atoms with Gasteiger partial charge in [-0.2, -0.15) is 5.10 Å². The third kappa shape index (κ3) is 2.59. The normalized spacial score (nSPS) is 12.3. The maximum Gasteiger partial charge on any atom is 0.0565 e. The van der Waals surface area contributed by atoms with Crippen molar-refractivity contribution in [2.45, 2.75) is 6.04 Å². The first-order valence-corrected chi connectivity index (χ1v) is 6.72. The molecule has 1 atom stereocenters. The second-order valence-electron chi connectivity index (χ2n) is 4.64. The van der Waals surface area contributed by atoms with Crippen molar-refractivity contribution in [3.63, 3.8) is 0 Å². The van der Waals surface area contributed by atoms with E-state index in [0.29, 0.717) is 0 Å². The fraction of sp³-hybridized carbons (Fsp3) is 0.0625. The third-order valence-electron chi connectivity index (χ3n) is 3.33. The fourth-order valence-corrected chi connectivity index (χ4v) is 2.28. The first kappa shape index (κ1) is 12.9. The lowest BCUT2D eigenvalue weighted by Crippen LogP contribution is -2.11. The van der Waals surface area contributed by atoms with Gasteiger partial charge in [0.1, 0.15) is 0 Å². The number of halogens is 1. The van der Waals surface area contributed by atoms with Gasteiger partial charge in [-0.05, 0) is 28.8 Å². The molecule has 1 aromatic heterocycles. The summed E-state index contributed by atoms with van der Waals surface area (Å²) < 4.78 is 0. The minimum absolute atomic E-state index is 0.148. The Labute approximate surface area is 122 Å². The van der Waals surface area contributed by atoms with Gasteiger partial charge in [0.2, 0.25) is 0 Å². The minimum atomic E-state index is -0.148. The first-order chi connectivity index (χ1) is 9.74. The number of nitrogens with two attached hydrogens (primary N) is 1. The van der Waals surface area contributed by atoms with Crippen LogP contribution in [0.25, 0.3) is 11.1 Å². The van der Waals surface area contributed by atoms with Gasteiger partial charge in [0.15, 0.2) is 0 Å². The summed E-state index contributed by atoms with van der Waals surface area (Å²) in [4.78, 5) is 0. The highest BCUT2D eigenvalue weighted by Gasteiger charge is 2.09. The summed E-state index contributed by atoms with van der Waals surface area (Å²) in [6.07, 6.45) is 3.67. The molecule has 0 saturated carbocycles. The van der Waals surface area contributed by atoms with E-state index in [1.807, 2.05) is 42.6 Å². The maximum atomic E-state index is 6.27. The van der Waals surface area contributed by atoms with Crippen molar-refractivity contribution in [1.29, 1.82) is 0 Å². The molecular formula is C16H14ClN3. The summed E-state index contributed by atoms with van der Waals surface area (Å²) in [5.41, 5.74) is 10.6. The fourth-order valence-electron chi connectivity index (χ4n) is 2.15. The predicted molar refractivity (Wildman–Crippen MR) is 81.5 cm³/mol. The van der Waals surface area contributed by atoms with Crippen molar-refractivity contribution in [2.75, 3.05) is 0 Å². The Hall–Kier alpha value is -2.10. The van der Waals surface area contributed by atoms with Crippen LogP contribution in [0.1, 0.15) is 17.2 Å². The molecule has 0 spiro atoms. The van der Waals surface area contributed by atoms with Crippen LogP contribution >= 0.6 is 11.6 Å². The summed E-state index contributed by atoms with van der Waals surface area (Å²) in [6.45, 7) is 0. The zero-order valence-corrected chi connectivity index (χ0v) is 11.5. The van der Waals surface area contributed by atoms with Crippen LogP contribution in [0.5, 0.6) is 0 Å². The molecule has 0 amide bonds. The van der Waals surface area contributed by atoms with Crippen molar-refractivity contribution in [1.82, 2.24) is 10.2 Å². The highest BCUT2D eigenvalue weighted by atomic mass is 35.5. The Morgan fingerprint density at radius 2 is 1.50 bits per heavy atom. The number of hydrogen-bond donors (Lipinski definition) is 2. The van der Waals surface area contributed by atoms with Gasteiger partial charge in [-0.15, -0.1) is 0 Å². The standard InChI is InChI=1S/C16H14ClN3/c17-15-7-5-13(6-8-15)16(18)12-3-1-11(2-4-12)14-9-19-20-10-14/h1-10,16H,18H2,(H,19,20). The van der Waals surface area contributed by atoms with Crippen LogP contribution in [0.4, 0.5) is 0 Å². The topological polar surface area (TPSA) is 54.7 Å². The number of H-pyrrole nitrogens is 1. The van der Waals surface area contributed by atoms with Crippen molar-refractivity contribution >= 4 is 11.6 Å². The maximum absolute atomic E-state index is 6.27. The number of hydrogen-bond acceptors (Lipinski definition) is 2. The molecule has 3 N–H and O–H groups in total. The number of rotatable bonds is 3. The molecule has 2 aromatic carbocycles. The Morgan fingerprint density at radius 1 is 0.900 bits per heavy atom. The number of aromatic amines is 1. The van der Waals surface area contributed by atoms with Crippen molar-refractivity contribution in [3.8, 4) is 11.1 Å². The van der Waals surface area contributed by atoms with Crippen LogP contribution < -0.4 is 5.73 Å². The van der Waals surface area contributed by atoms with Crippen LogP contribution in [0.3, 0.4) is 0 Å². The van der Waals surface area contributed by atoms with Crippen molar-refractivity contribution < 1.29 is 0 Å². The van der Waals surface area contributed by atoms with E-state index in [1.54, 1.807) is 6.20 Å². The van der Waals surface area contributed by atoms with Gasteiger partial charge in [-0.1, -0.05) is 48.0 Å². The summed E-state index contributed by atoms with van der Waals surface area (Å²) in [5.74, 6) is 0. The van der Waals surface area contributed by atoms with Crippen molar-refractivity contribution in [2.24, 2.45) is 5.73 Å². The summed E-state index contributed by atoms with van der Waals surface area (Å²) in [5, 5.41) is 7.48. The van der Waals surface area contributed by atoms with Gasteiger partial charge in [-0.25, -0.2) is 0 Å². The lowest BCUT2D eigenvalue weighted by molar-refractivity contribution is 0.872. The van der Waals surface area contributed by atoms with E-state index in [4.69, 9.17) is 17.3 Å². The first-order valence-electron chi connectivity index (χ1n) is 6.34. The molecule has 1 heterocycles. The van der Waals surface area contributed by atoms with Gasteiger partial charge in [0.25, 0.3) is 0 Å². The molecule has 1 unspecified atom stereocenters. The SMILES string of the molecule is NC(c1ccc(Cl)cc1)c1ccc(-c2cn[nH]c2)cc1. The molecule has 0 radical (unpaired) electrons. The monoisotopic (exact) mass is 283 g/mol. The highest BCUT2D eigenvalue weighted by molar-refractivity contribution is 6.30. The largest absolute Gasteiger partial charge is 0.320 e. The smallest absolute Gasteiger partial charge is 0.0565 e. The van der Waals surface area contributed by atoms with E-state index >= 15 is 0 Å². The Balaban J connectivity index is 1.85. The van der Waals surface area contributed by atoms with Gasteiger partial charge >= 0.3 is 0 Å². The average Bonchev–Trinajstić information content (AvgIpc) is 3.02. The Bertz CT molecular complexity index is 673. The van der Waals surface area contributed by atoms with Gasteiger partial charge in [0.05, 0.1) is 12.2 Å².